The van der Waals surface area contributed by atoms with Gasteiger partial charge in [0.1, 0.15) is 5.41 Å². The molecule has 0 bridgehead atoms. The first kappa shape index (κ1) is 18.3. The molecule has 3 nitrogen and oxygen atoms in total. The molecule has 1 saturated carbocycles. The zero-order valence-corrected chi connectivity index (χ0v) is 13.8. The number of halogens is 3. The Morgan fingerprint density at radius 3 is 2.38 bits per heavy atom. The van der Waals surface area contributed by atoms with Crippen molar-refractivity contribution in [2.75, 3.05) is 6.54 Å². The number of carbonyl (C=O) groups is 1. The zero-order chi connectivity index (χ0) is 18.0. The SMILES string of the molecule is CC(C)(CNC(=O)C1(C#N)CCCC1)c1cccc(C(F)(F)F)c1. The van der Waals surface area contributed by atoms with Gasteiger partial charge in [-0.1, -0.05) is 44.9 Å². The average molecular weight is 338 g/mol. The highest BCUT2D eigenvalue weighted by Crippen LogP contribution is 2.38. The number of rotatable bonds is 4. The van der Waals surface area contributed by atoms with E-state index in [1.807, 2.05) is 0 Å². The highest BCUT2D eigenvalue weighted by molar-refractivity contribution is 5.85. The average Bonchev–Trinajstić information content (AvgIpc) is 3.02. The van der Waals surface area contributed by atoms with Gasteiger partial charge in [0.15, 0.2) is 0 Å². The van der Waals surface area contributed by atoms with Gasteiger partial charge in [0, 0.05) is 12.0 Å². The van der Waals surface area contributed by atoms with Crippen LogP contribution in [0.15, 0.2) is 24.3 Å². The summed E-state index contributed by atoms with van der Waals surface area (Å²) >= 11 is 0. The molecule has 1 aromatic rings. The topological polar surface area (TPSA) is 52.9 Å². The van der Waals surface area contributed by atoms with E-state index in [-0.39, 0.29) is 12.5 Å². The lowest BCUT2D eigenvalue weighted by molar-refractivity contribution is -0.137. The molecule has 24 heavy (non-hydrogen) atoms. The lowest BCUT2D eigenvalue weighted by Gasteiger charge is -2.28. The van der Waals surface area contributed by atoms with Crippen LogP contribution in [-0.2, 0) is 16.4 Å². The van der Waals surface area contributed by atoms with E-state index < -0.39 is 22.6 Å². The lowest BCUT2D eigenvalue weighted by Crippen LogP contribution is -2.43. The van der Waals surface area contributed by atoms with Gasteiger partial charge in [0.05, 0.1) is 11.6 Å². The normalized spacial score (nSPS) is 17.3. The van der Waals surface area contributed by atoms with E-state index in [0.717, 1.165) is 25.0 Å². The van der Waals surface area contributed by atoms with Gasteiger partial charge >= 0.3 is 6.18 Å². The van der Waals surface area contributed by atoms with Gasteiger partial charge in [-0.05, 0) is 24.5 Å². The van der Waals surface area contributed by atoms with Crippen molar-refractivity contribution in [3.8, 4) is 6.07 Å². The molecule has 1 aromatic carbocycles. The maximum absolute atomic E-state index is 12.9. The van der Waals surface area contributed by atoms with Gasteiger partial charge in [-0.25, -0.2) is 0 Å². The molecule has 0 radical (unpaired) electrons. The van der Waals surface area contributed by atoms with Crippen LogP contribution in [0.4, 0.5) is 13.2 Å². The third kappa shape index (κ3) is 3.72. The van der Waals surface area contributed by atoms with Gasteiger partial charge in [-0.3, -0.25) is 4.79 Å². The lowest BCUT2D eigenvalue weighted by atomic mass is 9.82. The zero-order valence-electron chi connectivity index (χ0n) is 13.8. The highest BCUT2D eigenvalue weighted by Gasteiger charge is 2.42. The summed E-state index contributed by atoms with van der Waals surface area (Å²) in [4.78, 5) is 12.4. The molecule has 0 atom stereocenters. The Labute approximate surface area is 139 Å². The molecule has 0 heterocycles. The fraction of sp³-hybridized carbons (Fsp3) is 0.556. The smallest absolute Gasteiger partial charge is 0.354 e. The standard InChI is InChI=1S/C18H21F3N2O/c1-16(2,13-6-5-7-14(10-13)18(19,20)21)12-23-15(24)17(11-22)8-3-4-9-17/h5-7,10H,3-4,8-9,12H2,1-2H3,(H,23,24). The summed E-state index contributed by atoms with van der Waals surface area (Å²) in [7, 11) is 0. The van der Waals surface area contributed by atoms with Crippen molar-refractivity contribution in [2.45, 2.75) is 51.1 Å². The Hall–Kier alpha value is -2.03. The van der Waals surface area contributed by atoms with E-state index in [0.29, 0.717) is 18.4 Å². The van der Waals surface area contributed by atoms with Crippen LogP contribution in [0, 0.1) is 16.7 Å². The molecule has 6 heteroatoms. The van der Waals surface area contributed by atoms with Gasteiger partial charge < -0.3 is 5.32 Å². The van der Waals surface area contributed by atoms with Crippen LogP contribution < -0.4 is 5.32 Å². The molecule has 0 aliphatic heterocycles. The summed E-state index contributed by atoms with van der Waals surface area (Å²) in [5, 5.41) is 12.1. The summed E-state index contributed by atoms with van der Waals surface area (Å²) < 4.78 is 38.6. The second-order valence-electron chi connectivity index (χ2n) is 7.05. The molecule has 0 unspecified atom stereocenters. The number of nitrogens with zero attached hydrogens (tertiary/aromatic N) is 1. The molecule has 2 rings (SSSR count). The van der Waals surface area contributed by atoms with Gasteiger partial charge in [-0.15, -0.1) is 0 Å². The molecule has 0 saturated heterocycles. The summed E-state index contributed by atoms with van der Waals surface area (Å²) in [5.74, 6) is -0.317. The number of benzene rings is 1. The minimum atomic E-state index is -4.40. The molecule has 1 N–H and O–H groups in total. The number of amides is 1. The van der Waals surface area contributed by atoms with Crippen molar-refractivity contribution >= 4 is 5.91 Å². The number of carbonyl (C=O) groups excluding carboxylic acids is 1. The number of hydrogen-bond acceptors (Lipinski definition) is 2. The van der Waals surface area contributed by atoms with Crippen molar-refractivity contribution < 1.29 is 18.0 Å². The Morgan fingerprint density at radius 2 is 1.83 bits per heavy atom. The first-order valence-corrected chi connectivity index (χ1v) is 7.98. The molecule has 1 amide bonds. The van der Waals surface area contributed by atoms with E-state index in [4.69, 9.17) is 0 Å². The van der Waals surface area contributed by atoms with Gasteiger partial charge in [-0.2, -0.15) is 18.4 Å². The van der Waals surface area contributed by atoms with Crippen LogP contribution in [0.25, 0.3) is 0 Å². The van der Waals surface area contributed by atoms with Gasteiger partial charge in [0.2, 0.25) is 5.91 Å². The van der Waals surface area contributed by atoms with Crippen LogP contribution in [0.5, 0.6) is 0 Å². The van der Waals surface area contributed by atoms with E-state index >= 15 is 0 Å². The van der Waals surface area contributed by atoms with Crippen LogP contribution in [0.3, 0.4) is 0 Å². The van der Waals surface area contributed by atoms with Crippen LogP contribution in [-0.4, -0.2) is 12.5 Å². The Morgan fingerprint density at radius 1 is 1.25 bits per heavy atom. The molecule has 1 aliphatic carbocycles. The third-order valence-electron chi connectivity index (χ3n) is 4.77. The molecular weight excluding hydrogens is 317 g/mol. The first-order valence-electron chi connectivity index (χ1n) is 7.98. The van der Waals surface area contributed by atoms with E-state index in [1.54, 1.807) is 19.9 Å². The molecule has 1 fully saturated rings. The van der Waals surface area contributed by atoms with Crippen molar-refractivity contribution in [3.05, 3.63) is 35.4 Å². The fourth-order valence-corrected chi connectivity index (χ4v) is 3.06. The van der Waals surface area contributed by atoms with Crippen LogP contribution >= 0.6 is 0 Å². The fourth-order valence-electron chi connectivity index (χ4n) is 3.06. The number of hydrogen-bond donors (Lipinski definition) is 1. The Balaban J connectivity index is 2.12. The van der Waals surface area contributed by atoms with Crippen molar-refractivity contribution in [3.63, 3.8) is 0 Å². The third-order valence-corrected chi connectivity index (χ3v) is 4.77. The van der Waals surface area contributed by atoms with E-state index in [2.05, 4.69) is 11.4 Å². The Kier molecular flexibility index (Phi) is 4.93. The molecular formula is C18H21F3N2O. The van der Waals surface area contributed by atoms with E-state index in [1.165, 1.54) is 6.07 Å². The van der Waals surface area contributed by atoms with Gasteiger partial charge in [0.25, 0.3) is 0 Å². The minimum Gasteiger partial charge on any atom is -0.354 e. The first-order chi connectivity index (χ1) is 11.1. The minimum absolute atomic E-state index is 0.177. The highest BCUT2D eigenvalue weighted by atomic mass is 19.4. The summed E-state index contributed by atoms with van der Waals surface area (Å²) in [6.07, 6.45) is -1.63. The summed E-state index contributed by atoms with van der Waals surface area (Å²) in [5.41, 5.74) is -1.87. The summed E-state index contributed by atoms with van der Waals surface area (Å²) in [6, 6.07) is 7.26. The van der Waals surface area contributed by atoms with Crippen LogP contribution in [0.1, 0.15) is 50.7 Å². The molecule has 130 valence electrons. The second kappa shape index (κ2) is 6.46. The van der Waals surface area contributed by atoms with Crippen molar-refractivity contribution in [2.24, 2.45) is 5.41 Å². The number of alkyl halides is 3. The molecule has 0 spiro atoms. The number of nitrogens with one attached hydrogen (secondary N) is 1. The quantitative estimate of drug-likeness (QED) is 0.895. The maximum atomic E-state index is 12.9. The van der Waals surface area contributed by atoms with E-state index in [9.17, 15) is 23.2 Å². The largest absolute Gasteiger partial charge is 0.416 e. The maximum Gasteiger partial charge on any atom is 0.416 e. The van der Waals surface area contributed by atoms with Crippen LogP contribution in [0.2, 0.25) is 0 Å². The van der Waals surface area contributed by atoms with Crippen molar-refractivity contribution in [1.82, 2.24) is 5.32 Å². The molecule has 1 aliphatic rings. The second-order valence-corrected chi connectivity index (χ2v) is 7.05. The monoisotopic (exact) mass is 338 g/mol. The Bertz CT molecular complexity index is 653. The number of nitriles is 1. The predicted octanol–water partition coefficient (Wildman–Crippen LogP) is 4.18. The van der Waals surface area contributed by atoms with Crippen molar-refractivity contribution in [1.29, 1.82) is 5.26 Å². The summed E-state index contributed by atoms with van der Waals surface area (Å²) in [6.45, 7) is 3.73. The predicted molar refractivity (Wildman–Crippen MR) is 84.0 cm³/mol. The molecule has 0 aromatic heterocycles.